The molecule has 0 heterocycles. The SMILES string of the molecule is CN=C(NCCc1ccc(OC)cc1Cl)NCc1ccc(S(C)(=O)=O)c(C)c1.I. The van der Waals surface area contributed by atoms with E-state index in [1.165, 1.54) is 6.26 Å². The van der Waals surface area contributed by atoms with Crippen molar-refractivity contribution in [2.75, 3.05) is 27.0 Å². The van der Waals surface area contributed by atoms with E-state index in [1.807, 2.05) is 18.2 Å². The second-order valence-electron chi connectivity index (χ2n) is 6.43. The first kappa shape index (κ1) is 25.5. The van der Waals surface area contributed by atoms with Crippen LogP contribution in [0.25, 0.3) is 0 Å². The monoisotopic (exact) mass is 551 g/mol. The molecular formula is C20H27ClIN3O3S. The standard InChI is InChI=1S/C20H26ClN3O3S.HI/c1-14-11-15(5-8-19(14)28(4,25)26)13-24-20(22-2)23-10-9-16-6-7-17(27-3)12-18(16)21;/h5-8,11-12H,9-10,13H2,1-4H3,(H2,22,23,24);1H. The Bertz CT molecular complexity index is 965. The van der Waals surface area contributed by atoms with E-state index < -0.39 is 9.84 Å². The predicted molar refractivity (Wildman–Crippen MR) is 130 cm³/mol. The van der Waals surface area contributed by atoms with Crippen LogP contribution in [0.5, 0.6) is 5.75 Å². The Hall–Kier alpha value is -1.52. The molecule has 0 aromatic heterocycles. The number of rotatable bonds is 7. The third kappa shape index (κ3) is 7.67. The van der Waals surface area contributed by atoms with Crippen molar-refractivity contribution < 1.29 is 13.2 Å². The van der Waals surface area contributed by atoms with E-state index in [9.17, 15) is 8.42 Å². The normalized spacial score (nSPS) is 11.6. The molecule has 6 nitrogen and oxygen atoms in total. The van der Waals surface area contributed by atoms with Crippen LogP contribution in [0, 0.1) is 6.92 Å². The average Bonchev–Trinajstić information content (AvgIpc) is 2.64. The fourth-order valence-electron chi connectivity index (χ4n) is 2.82. The number of hydrogen-bond acceptors (Lipinski definition) is 4. The smallest absolute Gasteiger partial charge is 0.191 e. The van der Waals surface area contributed by atoms with Gasteiger partial charge in [-0.15, -0.1) is 24.0 Å². The van der Waals surface area contributed by atoms with Gasteiger partial charge in [0.25, 0.3) is 0 Å². The number of aliphatic imine (C=N–C) groups is 1. The van der Waals surface area contributed by atoms with Gasteiger partial charge in [-0.1, -0.05) is 29.8 Å². The first-order valence-corrected chi connectivity index (χ1v) is 11.1. The lowest BCUT2D eigenvalue weighted by Gasteiger charge is -2.13. The summed E-state index contributed by atoms with van der Waals surface area (Å²) in [4.78, 5) is 4.57. The molecule has 2 aromatic carbocycles. The first-order valence-electron chi connectivity index (χ1n) is 8.81. The van der Waals surface area contributed by atoms with Crippen LogP contribution >= 0.6 is 35.6 Å². The van der Waals surface area contributed by atoms with Crippen molar-refractivity contribution in [3.8, 4) is 5.75 Å². The molecule has 0 aliphatic rings. The van der Waals surface area contributed by atoms with Crippen molar-refractivity contribution in [2.24, 2.45) is 4.99 Å². The highest BCUT2D eigenvalue weighted by molar-refractivity contribution is 14.0. The molecule has 0 fully saturated rings. The molecule has 0 spiro atoms. The van der Waals surface area contributed by atoms with Crippen LogP contribution in [-0.4, -0.2) is 41.3 Å². The fraction of sp³-hybridized carbons (Fsp3) is 0.350. The van der Waals surface area contributed by atoms with Crippen LogP contribution in [0.2, 0.25) is 5.02 Å². The van der Waals surface area contributed by atoms with Gasteiger partial charge in [-0.3, -0.25) is 4.99 Å². The zero-order chi connectivity index (χ0) is 20.7. The van der Waals surface area contributed by atoms with Gasteiger partial charge in [0.2, 0.25) is 0 Å². The summed E-state index contributed by atoms with van der Waals surface area (Å²) < 4.78 is 28.6. The maximum absolute atomic E-state index is 11.7. The summed E-state index contributed by atoms with van der Waals surface area (Å²) in [5.74, 6) is 1.39. The molecule has 0 unspecified atom stereocenters. The lowest BCUT2D eigenvalue weighted by atomic mass is 10.1. The van der Waals surface area contributed by atoms with Crippen molar-refractivity contribution >= 4 is 51.4 Å². The molecule has 160 valence electrons. The number of ether oxygens (including phenoxy) is 1. The average molecular weight is 552 g/mol. The van der Waals surface area contributed by atoms with Crippen LogP contribution in [0.3, 0.4) is 0 Å². The molecule has 0 aliphatic heterocycles. The van der Waals surface area contributed by atoms with Crippen molar-refractivity contribution in [1.82, 2.24) is 10.6 Å². The number of guanidine groups is 1. The van der Waals surface area contributed by atoms with Gasteiger partial charge in [0, 0.05) is 31.4 Å². The molecule has 0 saturated heterocycles. The summed E-state index contributed by atoms with van der Waals surface area (Å²) in [5.41, 5.74) is 2.74. The highest BCUT2D eigenvalue weighted by Crippen LogP contribution is 2.22. The van der Waals surface area contributed by atoms with Gasteiger partial charge in [-0.05, 0) is 48.2 Å². The predicted octanol–water partition coefficient (Wildman–Crippen LogP) is 3.59. The second-order valence-corrected chi connectivity index (χ2v) is 8.82. The Kier molecular flexibility index (Phi) is 10.2. The lowest BCUT2D eigenvalue weighted by molar-refractivity contribution is 0.414. The van der Waals surface area contributed by atoms with Gasteiger partial charge >= 0.3 is 0 Å². The maximum Gasteiger partial charge on any atom is 0.191 e. The van der Waals surface area contributed by atoms with Gasteiger partial charge < -0.3 is 15.4 Å². The zero-order valence-corrected chi connectivity index (χ0v) is 20.9. The third-order valence-electron chi connectivity index (χ3n) is 4.27. The minimum atomic E-state index is -3.21. The minimum absolute atomic E-state index is 0. The molecule has 0 radical (unpaired) electrons. The highest BCUT2D eigenvalue weighted by Gasteiger charge is 2.11. The van der Waals surface area contributed by atoms with Crippen molar-refractivity contribution in [2.45, 2.75) is 24.8 Å². The Labute approximate surface area is 195 Å². The van der Waals surface area contributed by atoms with Gasteiger partial charge in [-0.2, -0.15) is 0 Å². The Morgan fingerprint density at radius 2 is 1.90 bits per heavy atom. The summed E-state index contributed by atoms with van der Waals surface area (Å²) in [6.45, 7) is 3.00. The largest absolute Gasteiger partial charge is 0.497 e. The maximum atomic E-state index is 11.7. The number of nitrogens with zero attached hydrogens (tertiary/aromatic N) is 1. The number of sulfone groups is 1. The molecule has 2 aromatic rings. The molecular weight excluding hydrogens is 525 g/mol. The molecule has 2 rings (SSSR count). The van der Waals surface area contributed by atoms with Gasteiger partial charge in [0.1, 0.15) is 5.75 Å². The topological polar surface area (TPSA) is 79.8 Å². The summed E-state index contributed by atoms with van der Waals surface area (Å²) in [5, 5.41) is 7.15. The molecule has 9 heteroatoms. The van der Waals surface area contributed by atoms with Crippen LogP contribution in [0.15, 0.2) is 46.3 Å². The van der Waals surface area contributed by atoms with E-state index in [1.54, 1.807) is 39.3 Å². The van der Waals surface area contributed by atoms with Gasteiger partial charge in [-0.25, -0.2) is 8.42 Å². The molecule has 0 amide bonds. The van der Waals surface area contributed by atoms with Gasteiger partial charge in [0.15, 0.2) is 15.8 Å². The molecule has 0 saturated carbocycles. The molecule has 0 bridgehead atoms. The van der Waals surface area contributed by atoms with E-state index in [2.05, 4.69) is 15.6 Å². The Morgan fingerprint density at radius 1 is 1.17 bits per heavy atom. The fourth-order valence-corrected chi connectivity index (χ4v) is 4.04. The van der Waals surface area contributed by atoms with Crippen LogP contribution in [0.4, 0.5) is 0 Å². The number of methoxy groups -OCH3 is 1. The summed E-state index contributed by atoms with van der Waals surface area (Å²) in [7, 11) is 0.104. The summed E-state index contributed by atoms with van der Waals surface area (Å²) in [6.07, 6.45) is 1.96. The van der Waals surface area contributed by atoms with Crippen LogP contribution < -0.4 is 15.4 Å². The Morgan fingerprint density at radius 3 is 2.45 bits per heavy atom. The van der Waals surface area contributed by atoms with E-state index in [0.29, 0.717) is 29.0 Å². The first-order chi connectivity index (χ1) is 13.2. The number of nitrogens with one attached hydrogen (secondary N) is 2. The second kappa shape index (κ2) is 11.6. The minimum Gasteiger partial charge on any atom is -0.497 e. The van der Waals surface area contributed by atoms with E-state index >= 15 is 0 Å². The van der Waals surface area contributed by atoms with Crippen molar-refractivity contribution in [1.29, 1.82) is 0 Å². The number of halogens is 2. The summed E-state index contributed by atoms with van der Waals surface area (Å²) >= 11 is 6.26. The van der Waals surface area contributed by atoms with Crippen molar-refractivity contribution in [3.05, 3.63) is 58.1 Å². The molecule has 0 aliphatic carbocycles. The molecule has 0 atom stereocenters. The van der Waals surface area contributed by atoms with Crippen molar-refractivity contribution in [3.63, 3.8) is 0 Å². The number of hydrogen-bond donors (Lipinski definition) is 2. The third-order valence-corrected chi connectivity index (χ3v) is 5.88. The van der Waals surface area contributed by atoms with Crippen LogP contribution in [-0.2, 0) is 22.8 Å². The number of benzene rings is 2. The Balaban J connectivity index is 0.00000420. The van der Waals surface area contributed by atoms with E-state index in [-0.39, 0.29) is 24.0 Å². The van der Waals surface area contributed by atoms with E-state index in [0.717, 1.165) is 28.9 Å². The molecule has 29 heavy (non-hydrogen) atoms. The van der Waals surface area contributed by atoms with Crippen LogP contribution in [0.1, 0.15) is 16.7 Å². The number of aryl methyl sites for hydroxylation is 1. The molecule has 2 N–H and O–H groups in total. The van der Waals surface area contributed by atoms with E-state index in [4.69, 9.17) is 16.3 Å². The quantitative estimate of drug-likeness (QED) is 0.312. The van der Waals surface area contributed by atoms with Gasteiger partial charge in [0.05, 0.1) is 12.0 Å². The highest BCUT2D eigenvalue weighted by atomic mass is 127. The lowest BCUT2D eigenvalue weighted by Crippen LogP contribution is -2.37. The summed E-state index contributed by atoms with van der Waals surface area (Å²) in [6, 6.07) is 11.0. The zero-order valence-electron chi connectivity index (χ0n) is 17.0.